The first-order valence-corrected chi connectivity index (χ1v) is 11.2. The molecule has 1 aliphatic rings. The summed E-state index contributed by atoms with van der Waals surface area (Å²) in [6.07, 6.45) is -0.162. The number of carbonyl (C=O) groups excluding carboxylic acids is 2. The minimum Gasteiger partial charge on any atom is -0.352 e. The van der Waals surface area contributed by atoms with Crippen LogP contribution in [-0.2, 0) is 26.0 Å². The number of halogens is 1. The molecule has 2 aromatic rings. The summed E-state index contributed by atoms with van der Waals surface area (Å²) in [7, 11) is -3.64. The molecule has 27 heavy (non-hydrogen) atoms. The Morgan fingerprint density at radius 2 is 2.00 bits per heavy atom. The van der Waals surface area contributed by atoms with Crippen LogP contribution in [0.3, 0.4) is 0 Å². The lowest BCUT2D eigenvalue weighted by molar-refractivity contribution is -0.120. The van der Waals surface area contributed by atoms with Crippen LogP contribution in [0.4, 0.5) is 5.69 Å². The third-order valence-corrected chi connectivity index (χ3v) is 7.13. The molecule has 0 saturated carbocycles. The minimum absolute atomic E-state index is 0.0861. The summed E-state index contributed by atoms with van der Waals surface area (Å²) in [5, 5.41) is 5.88. The predicted octanol–water partition coefficient (Wildman–Crippen LogP) is 2.86. The molecule has 6 nitrogen and oxygen atoms in total. The van der Waals surface area contributed by atoms with E-state index < -0.39 is 9.84 Å². The van der Waals surface area contributed by atoms with Gasteiger partial charge < -0.3 is 10.6 Å². The number of hydrogen-bond donors (Lipinski definition) is 2. The van der Waals surface area contributed by atoms with Crippen LogP contribution >= 0.6 is 23.4 Å². The standard InChI is InChI=1S/C18H17ClN2O4S2/c19-14-4-2-1-3-12(14)10-20-17(22)7-8-27(24,25)13-5-6-16-15(9-13)21-18(23)11-26-16/h1-6,9H,7-8,10-11H2,(H,20,22)(H,21,23). The molecule has 142 valence electrons. The summed E-state index contributed by atoms with van der Waals surface area (Å²) in [5.41, 5.74) is 1.25. The lowest BCUT2D eigenvalue weighted by atomic mass is 10.2. The number of thioether (sulfide) groups is 1. The molecule has 1 aliphatic heterocycles. The number of benzene rings is 2. The van der Waals surface area contributed by atoms with Crippen LogP contribution in [-0.4, -0.2) is 31.7 Å². The highest BCUT2D eigenvalue weighted by Crippen LogP contribution is 2.33. The number of amides is 2. The molecule has 0 bridgehead atoms. The highest BCUT2D eigenvalue weighted by molar-refractivity contribution is 8.00. The Morgan fingerprint density at radius 3 is 2.78 bits per heavy atom. The van der Waals surface area contributed by atoms with Gasteiger partial charge in [-0.1, -0.05) is 29.8 Å². The largest absolute Gasteiger partial charge is 0.352 e. The van der Waals surface area contributed by atoms with E-state index in [1.165, 1.54) is 23.9 Å². The molecule has 0 aliphatic carbocycles. The number of anilines is 1. The van der Waals surface area contributed by atoms with Gasteiger partial charge in [-0.2, -0.15) is 0 Å². The van der Waals surface area contributed by atoms with Crippen molar-refractivity contribution in [3.05, 3.63) is 53.1 Å². The molecule has 0 radical (unpaired) electrons. The Kier molecular flexibility index (Phi) is 6.08. The number of sulfone groups is 1. The lowest BCUT2D eigenvalue weighted by Crippen LogP contribution is -2.25. The zero-order valence-corrected chi connectivity index (χ0v) is 16.6. The van der Waals surface area contributed by atoms with Crippen LogP contribution < -0.4 is 10.6 Å². The van der Waals surface area contributed by atoms with E-state index in [4.69, 9.17) is 11.6 Å². The molecule has 0 aromatic heterocycles. The van der Waals surface area contributed by atoms with Gasteiger partial charge in [-0.25, -0.2) is 8.42 Å². The third kappa shape index (κ3) is 5.03. The number of rotatable bonds is 6. The van der Waals surface area contributed by atoms with Gasteiger partial charge in [0.1, 0.15) is 0 Å². The second-order valence-electron chi connectivity index (χ2n) is 5.93. The first-order chi connectivity index (χ1) is 12.8. The average Bonchev–Trinajstić information content (AvgIpc) is 2.65. The van der Waals surface area contributed by atoms with Crippen LogP contribution in [0.15, 0.2) is 52.3 Å². The molecule has 0 atom stereocenters. The van der Waals surface area contributed by atoms with Crippen LogP contribution in [0.2, 0.25) is 5.02 Å². The first-order valence-electron chi connectivity index (χ1n) is 8.15. The van der Waals surface area contributed by atoms with Gasteiger partial charge in [0.05, 0.1) is 22.1 Å². The molecule has 0 spiro atoms. The van der Waals surface area contributed by atoms with Crippen molar-refractivity contribution < 1.29 is 18.0 Å². The van der Waals surface area contributed by atoms with Crippen LogP contribution in [0.5, 0.6) is 0 Å². The van der Waals surface area contributed by atoms with Crippen molar-refractivity contribution in [1.82, 2.24) is 5.32 Å². The molecule has 2 aromatic carbocycles. The Balaban J connectivity index is 1.60. The van der Waals surface area contributed by atoms with Gasteiger partial charge in [-0.15, -0.1) is 11.8 Å². The van der Waals surface area contributed by atoms with Crippen LogP contribution in [0, 0.1) is 0 Å². The van der Waals surface area contributed by atoms with Crippen molar-refractivity contribution in [2.24, 2.45) is 0 Å². The topological polar surface area (TPSA) is 92.3 Å². The number of carbonyl (C=O) groups is 2. The van der Waals surface area contributed by atoms with Gasteiger partial charge in [0.15, 0.2) is 9.84 Å². The molecular formula is C18H17ClN2O4S2. The van der Waals surface area contributed by atoms with Gasteiger partial charge in [0, 0.05) is 22.9 Å². The van der Waals surface area contributed by atoms with E-state index >= 15 is 0 Å². The zero-order valence-electron chi connectivity index (χ0n) is 14.2. The molecule has 9 heteroatoms. The maximum Gasteiger partial charge on any atom is 0.234 e. The SMILES string of the molecule is O=C(CCS(=O)(=O)c1ccc2c(c1)NC(=O)CS2)NCc1ccccc1Cl. The van der Waals surface area contributed by atoms with Crippen molar-refractivity contribution in [1.29, 1.82) is 0 Å². The molecular weight excluding hydrogens is 408 g/mol. The summed E-state index contributed by atoms with van der Waals surface area (Å²) in [5.74, 6) is -0.548. The van der Waals surface area contributed by atoms with E-state index in [-0.39, 0.29) is 35.4 Å². The van der Waals surface area contributed by atoms with Gasteiger partial charge >= 0.3 is 0 Å². The maximum atomic E-state index is 12.5. The van der Waals surface area contributed by atoms with E-state index in [0.717, 1.165) is 10.5 Å². The molecule has 2 amide bonds. The third-order valence-electron chi connectivity index (χ3n) is 3.97. The Bertz CT molecular complexity index is 993. The fourth-order valence-electron chi connectivity index (χ4n) is 2.52. The fraction of sp³-hybridized carbons (Fsp3) is 0.222. The zero-order chi connectivity index (χ0) is 19.4. The van der Waals surface area contributed by atoms with Gasteiger partial charge in [0.25, 0.3) is 0 Å². The number of nitrogens with one attached hydrogen (secondary N) is 2. The predicted molar refractivity (Wildman–Crippen MR) is 106 cm³/mol. The Labute approximate surface area is 166 Å². The lowest BCUT2D eigenvalue weighted by Gasteiger charge is -2.17. The second kappa shape index (κ2) is 8.33. The van der Waals surface area contributed by atoms with Crippen molar-refractivity contribution >= 4 is 50.7 Å². The Morgan fingerprint density at radius 1 is 1.22 bits per heavy atom. The van der Waals surface area contributed by atoms with E-state index in [1.54, 1.807) is 24.3 Å². The summed E-state index contributed by atoms with van der Waals surface area (Å²) in [6.45, 7) is 0.237. The van der Waals surface area contributed by atoms with E-state index in [2.05, 4.69) is 10.6 Å². The van der Waals surface area contributed by atoms with Crippen molar-refractivity contribution in [2.45, 2.75) is 22.8 Å². The smallest absolute Gasteiger partial charge is 0.234 e. The first kappa shape index (κ1) is 19.7. The van der Waals surface area contributed by atoms with Crippen LogP contribution in [0.25, 0.3) is 0 Å². The monoisotopic (exact) mass is 424 g/mol. The van der Waals surface area contributed by atoms with E-state index in [0.29, 0.717) is 16.5 Å². The highest BCUT2D eigenvalue weighted by Gasteiger charge is 2.21. The van der Waals surface area contributed by atoms with Crippen molar-refractivity contribution in [2.75, 3.05) is 16.8 Å². The molecule has 3 rings (SSSR count). The second-order valence-corrected chi connectivity index (χ2v) is 9.47. The molecule has 2 N–H and O–H groups in total. The Hall–Kier alpha value is -2.03. The highest BCUT2D eigenvalue weighted by atomic mass is 35.5. The van der Waals surface area contributed by atoms with Gasteiger partial charge in [-0.05, 0) is 29.8 Å². The number of hydrogen-bond acceptors (Lipinski definition) is 5. The normalized spacial score (nSPS) is 13.6. The van der Waals surface area contributed by atoms with E-state index in [9.17, 15) is 18.0 Å². The van der Waals surface area contributed by atoms with Crippen molar-refractivity contribution in [3.8, 4) is 0 Å². The molecule has 0 unspecified atom stereocenters. The summed E-state index contributed by atoms with van der Waals surface area (Å²) in [6, 6.07) is 11.7. The number of fused-ring (bicyclic) bond motifs is 1. The maximum absolute atomic E-state index is 12.5. The van der Waals surface area contributed by atoms with Gasteiger partial charge in [0.2, 0.25) is 11.8 Å². The van der Waals surface area contributed by atoms with E-state index in [1.807, 2.05) is 6.07 Å². The van der Waals surface area contributed by atoms with Gasteiger partial charge in [-0.3, -0.25) is 9.59 Å². The molecule has 0 fully saturated rings. The van der Waals surface area contributed by atoms with Crippen molar-refractivity contribution in [3.63, 3.8) is 0 Å². The summed E-state index contributed by atoms with van der Waals surface area (Å²) in [4.78, 5) is 24.4. The average molecular weight is 425 g/mol. The fourth-order valence-corrected chi connectivity index (χ4v) is 4.78. The quantitative estimate of drug-likeness (QED) is 0.743. The summed E-state index contributed by atoms with van der Waals surface area (Å²) >= 11 is 7.39. The molecule has 1 heterocycles. The minimum atomic E-state index is -3.64. The molecule has 0 saturated heterocycles. The van der Waals surface area contributed by atoms with Crippen LogP contribution in [0.1, 0.15) is 12.0 Å². The summed E-state index contributed by atoms with van der Waals surface area (Å²) < 4.78 is 25.0.